The second-order valence-electron chi connectivity index (χ2n) is 2.08. The minimum Gasteiger partial charge on any atom is -0.385 e. The molecule has 0 aliphatic carbocycles. The van der Waals surface area contributed by atoms with Gasteiger partial charge in [0.25, 0.3) is 0 Å². The maximum absolute atomic E-state index is 7.11. The number of nitrogens with one attached hydrogen (secondary N) is 2. The zero-order valence-electron chi connectivity index (χ0n) is 6.36. The molecule has 0 amide bonds. The molecule has 0 radical (unpaired) electrons. The van der Waals surface area contributed by atoms with E-state index in [1.807, 2.05) is 6.07 Å². The van der Waals surface area contributed by atoms with Crippen LogP contribution in [0.3, 0.4) is 0 Å². The Labute approximate surface area is 87.4 Å². The van der Waals surface area contributed by atoms with Crippen LogP contribution in [0.15, 0.2) is 15.1 Å². The van der Waals surface area contributed by atoms with Crippen molar-refractivity contribution in [3.8, 4) is 0 Å². The van der Waals surface area contributed by atoms with E-state index in [4.69, 9.17) is 5.41 Å². The summed E-state index contributed by atoms with van der Waals surface area (Å²) < 4.78 is 1.61. The third kappa shape index (κ3) is 1.84. The van der Waals surface area contributed by atoms with Crippen LogP contribution in [0.25, 0.3) is 0 Å². The SMILES string of the molecule is CNc1c(Br)cc(Br)nc1C=N. The van der Waals surface area contributed by atoms with E-state index in [-0.39, 0.29) is 0 Å². The van der Waals surface area contributed by atoms with Gasteiger partial charge in [0.1, 0.15) is 10.3 Å². The van der Waals surface area contributed by atoms with Crippen LogP contribution in [0.4, 0.5) is 5.69 Å². The first-order valence-electron chi connectivity index (χ1n) is 3.23. The summed E-state index contributed by atoms with van der Waals surface area (Å²) in [6, 6.07) is 1.83. The molecule has 2 N–H and O–H groups in total. The molecular weight excluding hydrogens is 286 g/mol. The lowest BCUT2D eigenvalue weighted by atomic mass is 10.3. The lowest BCUT2D eigenvalue weighted by Gasteiger charge is -2.06. The highest BCUT2D eigenvalue weighted by Crippen LogP contribution is 2.26. The number of halogens is 2. The van der Waals surface area contributed by atoms with Crippen molar-refractivity contribution in [1.82, 2.24) is 4.98 Å². The standard InChI is InChI=1S/C7H7Br2N3/c1-11-7-4(8)2-6(9)12-5(7)3-10/h2-3,10-11H,1H3. The van der Waals surface area contributed by atoms with E-state index < -0.39 is 0 Å². The van der Waals surface area contributed by atoms with Gasteiger partial charge in [-0.25, -0.2) is 4.98 Å². The first-order valence-corrected chi connectivity index (χ1v) is 4.82. The molecule has 0 atom stereocenters. The van der Waals surface area contributed by atoms with Crippen molar-refractivity contribution in [2.24, 2.45) is 0 Å². The van der Waals surface area contributed by atoms with Crippen LogP contribution < -0.4 is 5.32 Å². The number of nitrogens with zero attached hydrogens (tertiary/aromatic N) is 1. The predicted molar refractivity (Wildman–Crippen MR) is 57.1 cm³/mol. The number of anilines is 1. The third-order valence-corrected chi connectivity index (χ3v) is 2.39. The van der Waals surface area contributed by atoms with E-state index in [1.54, 1.807) is 7.05 Å². The van der Waals surface area contributed by atoms with E-state index >= 15 is 0 Å². The molecule has 0 aromatic carbocycles. The van der Waals surface area contributed by atoms with Crippen LogP contribution >= 0.6 is 31.9 Å². The Kier molecular flexibility index (Phi) is 3.22. The molecule has 0 fully saturated rings. The number of rotatable bonds is 2. The summed E-state index contributed by atoms with van der Waals surface area (Å²) in [6.45, 7) is 0. The molecular formula is C7H7Br2N3. The lowest BCUT2D eigenvalue weighted by Crippen LogP contribution is -1.98. The first-order chi connectivity index (χ1) is 5.69. The number of pyridine rings is 1. The van der Waals surface area contributed by atoms with E-state index in [1.165, 1.54) is 6.21 Å². The van der Waals surface area contributed by atoms with E-state index in [0.29, 0.717) is 10.3 Å². The maximum atomic E-state index is 7.11. The summed E-state index contributed by atoms with van der Waals surface area (Å²) in [6.07, 6.45) is 1.21. The predicted octanol–water partition coefficient (Wildman–Crippen LogP) is 2.65. The second kappa shape index (κ2) is 4.00. The van der Waals surface area contributed by atoms with Crippen molar-refractivity contribution in [2.45, 2.75) is 0 Å². The lowest BCUT2D eigenvalue weighted by molar-refractivity contribution is 1.23. The quantitative estimate of drug-likeness (QED) is 0.650. The monoisotopic (exact) mass is 291 g/mol. The Hall–Kier alpha value is -0.420. The van der Waals surface area contributed by atoms with Gasteiger partial charge in [0.2, 0.25) is 0 Å². The Morgan fingerprint density at radius 1 is 1.58 bits per heavy atom. The highest BCUT2D eigenvalue weighted by atomic mass is 79.9. The van der Waals surface area contributed by atoms with Gasteiger partial charge in [-0.3, -0.25) is 0 Å². The molecule has 5 heteroatoms. The molecule has 0 saturated heterocycles. The molecule has 0 aliphatic heterocycles. The summed E-state index contributed by atoms with van der Waals surface area (Å²) in [5.41, 5.74) is 1.44. The molecule has 64 valence electrons. The van der Waals surface area contributed by atoms with Crippen molar-refractivity contribution >= 4 is 43.8 Å². The Morgan fingerprint density at radius 2 is 2.25 bits per heavy atom. The largest absolute Gasteiger partial charge is 0.385 e. The number of hydrogen-bond acceptors (Lipinski definition) is 3. The Bertz CT molecular complexity index is 312. The third-order valence-electron chi connectivity index (χ3n) is 1.35. The highest BCUT2D eigenvalue weighted by molar-refractivity contribution is 9.11. The molecule has 0 bridgehead atoms. The molecule has 3 nitrogen and oxygen atoms in total. The van der Waals surface area contributed by atoms with Gasteiger partial charge >= 0.3 is 0 Å². The van der Waals surface area contributed by atoms with Crippen LogP contribution in [-0.2, 0) is 0 Å². The van der Waals surface area contributed by atoms with Crippen molar-refractivity contribution in [1.29, 1.82) is 5.41 Å². The van der Waals surface area contributed by atoms with Crippen LogP contribution in [0, 0.1) is 5.41 Å². The topological polar surface area (TPSA) is 48.8 Å². The van der Waals surface area contributed by atoms with Crippen molar-refractivity contribution in [3.63, 3.8) is 0 Å². The van der Waals surface area contributed by atoms with Gasteiger partial charge < -0.3 is 10.7 Å². The van der Waals surface area contributed by atoms with Gasteiger partial charge in [0.15, 0.2) is 0 Å². The van der Waals surface area contributed by atoms with Gasteiger partial charge in [-0.05, 0) is 37.9 Å². The first kappa shape index (κ1) is 9.67. The van der Waals surface area contributed by atoms with Crippen LogP contribution in [-0.4, -0.2) is 18.2 Å². The summed E-state index contributed by atoms with van der Waals surface area (Å²) >= 11 is 6.61. The zero-order valence-corrected chi connectivity index (χ0v) is 9.53. The average molecular weight is 293 g/mol. The molecule has 0 unspecified atom stereocenters. The molecule has 0 aliphatic rings. The fourth-order valence-corrected chi connectivity index (χ4v) is 2.20. The number of aromatic nitrogens is 1. The van der Waals surface area contributed by atoms with Crippen LogP contribution in [0.5, 0.6) is 0 Å². The normalized spacial score (nSPS) is 9.58. The smallest absolute Gasteiger partial charge is 0.108 e. The van der Waals surface area contributed by atoms with Gasteiger partial charge in [-0.2, -0.15) is 0 Å². The molecule has 1 aromatic heterocycles. The molecule has 1 aromatic rings. The van der Waals surface area contributed by atoms with Crippen LogP contribution in [0.2, 0.25) is 0 Å². The van der Waals surface area contributed by atoms with Gasteiger partial charge in [0, 0.05) is 17.7 Å². The van der Waals surface area contributed by atoms with Gasteiger partial charge in [0.05, 0.1) is 5.69 Å². The summed E-state index contributed by atoms with van der Waals surface area (Å²) in [5.74, 6) is 0. The summed E-state index contributed by atoms with van der Waals surface area (Å²) in [4.78, 5) is 4.10. The van der Waals surface area contributed by atoms with E-state index in [0.717, 1.165) is 10.2 Å². The Morgan fingerprint density at radius 3 is 2.75 bits per heavy atom. The molecule has 12 heavy (non-hydrogen) atoms. The molecule has 1 heterocycles. The molecule has 1 rings (SSSR count). The summed E-state index contributed by atoms with van der Waals surface area (Å²) in [7, 11) is 1.79. The summed E-state index contributed by atoms with van der Waals surface area (Å²) in [5, 5.41) is 10.1. The van der Waals surface area contributed by atoms with E-state index in [2.05, 4.69) is 42.2 Å². The van der Waals surface area contributed by atoms with Crippen molar-refractivity contribution in [3.05, 3.63) is 20.8 Å². The van der Waals surface area contributed by atoms with Crippen molar-refractivity contribution < 1.29 is 0 Å². The zero-order chi connectivity index (χ0) is 9.14. The van der Waals surface area contributed by atoms with Gasteiger partial charge in [-0.1, -0.05) is 0 Å². The average Bonchev–Trinajstić information content (AvgIpc) is 2.03. The molecule has 0 spiro atoms. The highest BCUT2D eigenvalue weighted by Gasteiger charge is 2.05. The van der Waals surface area contributed by atoms with Gasteiger partial charge in [-0.15, -0.1) is 0 Å². The second-order valence-corrected chi connectivity index (χ2v) is 3.75. The minimum absolute atomic E-state index is 0.610. The fourth-order valence-electron chi connectivity index (χ4n) is 0.854. The maximum Gasteiger partial charge on any atom is 0.108 e. The Balaban J connectivity index is 3.33. The van der Waals surface area contributed by atoms with E-state index in [9.17, 15) is 0 Å². The minimum atomic E-state index is 0.610. The van der Waals surface area contributed by atoms with Crippen molar-refractivity contribution in [2.75, 3.05) is 12.4 Å². The fraction of sp³-hybridized carbons (Fsp3) is 0.143. The number of hydrogen-bond donors (Lipinski definition) is 2. The molecule has 0 saturated carbocycles. The van der Waals surface area contributed by atoms with Crippen LogP contribution in [0.1, 0.15) is 5.69 Å².